The van der Waals surface area contributed by atoms with Crippen LogP contribution in [0.25, 0.3) is 0 Å². The number of aromatic nitrogens is 2. The monoisotopic (exact) mass is 393 g/mol. The van der Waals surface area contributed by atoms with Crippen LogP contribution >= 0.6 is 11.3 Å². The van der Waals surface area contributed by atoms with Gasteiger partial charge in [0, 0.05) is 0 Å². The van der Waals surface area contributed by atoms with Crippen molar-refractivity contribution in [2.75, 3.05) is 5.32 Å². The molecule has 0 bridgehead atoms. The van der Waals surface area contributed by atoms with E-state index in [0.29, 0.717) is 30.8 Å². The molecule has 6 nitrogen and oxygen atoms in total. The standard InChI is InChI=1S/C18H23N3O3S2/c1-4-15-20-21-17(25-15)19-16(22)18(9-5-6-10-18)26(23,24)14-8-7-12(2)13(3)11-14/h7-8,11H,4-6,9-10H2,1-3H3,(H,19,21,22). The van der Waals surface area contributed by atoms with E-state index in [4.69, 9.17) is 0 Å². The Bertz CT molecular complexity index is 929. The van der Waals surface area contributed by atoms with E-state index in [0.717, 1.165) is 22.6 Å². The SMILES string of the molecule is CCc1nnc(NC(=O)C2(S(=O)(=O)c3ccc(C)c(C)c3)CCCC2)s1. The van der Waals surface area contributed by atoms with Crippen molar-refractivity contribution in [3.63, 3.8) is 0 Å². The molecule has 0 unspecified atom stereocenters. The Morgan fingerprint density at radius 2 is 1.88 bits per heavy atom. The number of nitrogens with one attached hydrogen (secondary N) is 1. The first-order valence-electron chi connectivity index (χ1n) is 8.76. The summed E-state index contributed by atoms with van der Waals surface area (Å²) in [5.74, 6) is -0.493. The van der Waals surface area contributed by atoms with E-state index < -0.39 is 20.5 Å². The molecule has 1 heterocycles. The van der Waals surface area contributed by atoms with Gasteiger partial charge in [-0.05, 0) is 56.4 Å². The molecule has 1 aliphatic carbocycles. The van der Waals surface area contributed by atoms with Crippen molar-refractivity contribution in [2.24, 2.45) is 0 Å². The molecule has 1 fully saturated rings. The number of nitrogens with zero attached hydrogens (tertiary/aromatic N) is 2. The predicted molar refractivity (Wildman–Crippen MR) is 102 cm³/mol. The van der Waals surface area contributed by atoms with Crippen LogP contribution in [0.1, 0.15) is 48.7 Å². The maximum atomic E-state index is 13.4. The molecule has 1 N–H and O–H groups in total. The Labute approximate surface area is 158 Å². The summed E-state index contributed by atoms with van der Waals surface area (Å²) in [4.78, 5) is 13.3. The first-order valence-corrected chi connectivity index (χ1v) is 11.1. The minimum atomic E-state index is -3.81. The minimum absolute atomic E-state index is 0.212. The lowest BCUT2D eigenvalue weighted by Gasteiger charge is -2.27. The zero-order valence-electron chi connectivity index (χ0n) is 15.2. The molecular formula is C18H23N3O3S2. The summed E-state index contributed by atoms with van der Waals surface area (Å²) in [5, 5.41) is 11.8. The van der Waals surface area contributed by atoms with Crippen LogP contribution in [-0.4, -0.2) is 29.3 Å². The van der Waals surface area contributed by atoms with Crippen molar-refractivity contribution in [3.05, 3.63) is 34.3 Å². The molecule has 2 aromatic rings. The normalized spacial score (nSPS) is 16.6. The zero-order valence-corrected chi connectivity index (χ0v) is 16.8. The number of hydrogen-bond donors (Lipinski definition) is 1. The zero-order chi connectivity index (χ0) is 18.9. The van der Waals surface area contributed by atoms with Crippen LogP contribution in [0.5, 0.6) is 0 Å². The molecule has 1 saturated carbocycles. The van der Waals surface area contributed by atoms with Gasteiger partial charge in [-0.2, -0.15) is 0 Å². The van der Waals surface area contributed by atoms with Crippen molar-refractivity contribution in [3.8, 4) is 0 Å². The van der Waals surface area contributed by atoms with Crippen molar-refractivity contribution in [1.82, 2.24) is 10.2 Å². The second-order valence-corrected chi connectivity index (χ2v) is 10.1. The van der Waals surface area contributed by atoms with Crippen molar-refractivity contribution in [1.29, 1.82) is 0 Å². The van der Waals surface area contributed by atoms with Gasteiger partial charge in [0.1, 0.15) is 5.01 Å². The van der Waals surface area contributed by atoms with Gasteiger partial charge in [-0.25, -0.2) is 8.42 Å². The number of sulfone groups is 1. The van der Waals surface area contributed by atoms with E-state index >= 15 is 0 Å². The van der Waals surface area contributed by atoms with E-state index in [1.54, 1.807) is 18.2 Å². The molecule has 140 valence electrons. The third-order valence-electron chi connectivity index (χ3n) is 5.12. The summed E-state index contributed by atoms with van der Waals surface area (Å²) in [7, 11) is -3.81. The number of benzene rings is 1. The van der Waals surface area contributed by atoms with Gasteiger partial charge in [-0.15, -0.1) is 10.2 Å². The average Bonchev–Trinajstić information content (AvgIpc) is 3.27. The lowest BCUT2D eigenvalue weighted by molar-refractivity contribution is -0.118. The Morgan fingerprint density at radius 1 is 1.19 bits per heavy atom. The first-order chi connectivity index (χ1) is 12.3. The van der Waals surface area contributed by atoms with E-state index in [9.17, 15) is 13.2 Å². The summed E-state index contributed by atoms with van der Waals surface area (Å²) in [6.45, 7) is 5.77. The number of hydrogen-bond acceptors (Lipinski definition) is 6. The Balaban J connectivity index is 1.98. The van der Waals surface area contributed by atoms with Crippen LogP contribution < -0.4 is 5.32 Å². The summed E-state index contributed by atoms with van der Waals surface area (Å²) >= 11 is 1.28. The number of carbonyl (C=O) groups excluding carboxylic acids is 1. The third kappa shape index (κ3) is 3.16. The molecule has 0 aliphatic heterocycles. The lowest BCUT2D eigenvalue weighted by atomic mass is 10.1. The molecule has 1 aliphatic rings. The van der Waals surface area contributed by atoms with E-state index in [1.807, 2.05) is 20.8 Å². The molecule has 1 aromatic heterocycles. The summed E-state index contributed by atoms with van der Waals surface area (Å²) < 4.78 is 25.4. The number of rotatable bonds is 5. The molecule has 3 rings (SSSR count). The van der Waals surface area contributed by atoms with Crippen LogP contribution in [0.2, 0.25) is 0 Å². The van der Waals surface area contributed by atoms with E-state index in [2.05, 4.69) is 15.5 Å². The summed E-state index contributed by atoms with van der Waals surface area (Å²) in [6, 6.07) is 5.06. The topological polar surface area (TPSA) is 89.0 Å². The van der Waals surface area contributed by atoms with Crippen LogP contribution in [0, 0.1) is 13.8 Å². The maximum absolute atomic E-state index is 13.4. The van der Waals surface area contributed by atoms with Crippen molar-refractivity contribution < 1.29 is 13.2 Å². The highest BCUT2D eigenvalue weighted by molar-refractivity contribution is 7.93. The maximum Gasteiger partial charge on any atom is 0.248 e. The fourth-order valence-corrected chi connectivity index (χ4v) is 6.15. The highest BCUT2D eigenvalue weighted by atomic mass is 32.2. The first kappa shape index (κ1) is 19.0. The Kier molecular flexibility index (Phi) is 5.16. The van der Waals surface area contributed by atoms with Crippen molar-refractivity contribution >= 4 is 32.2 Å². The van der Waals surface area contributed by atoms with Gasteiger partial charge in [-0.1, -0.05) is 37.2 Å². The quantitative estimate of drug-likeness (QED) is 0.840. The van der Waals surface area contributed by atoms with Gasteiger partial charge in [0.2, 0.25) is 11.0 Å². The van der Waals surface area contributed by atoms with Gasteiger partial charge in [0.05, 0.1) is 4.90 Å². The van der Waals surface area contributed by atoms with E-state index in [-0.39, 0.29) is 4.90 Å². The van der Waals surface area contributed by atoms with Crippen molar-refractivity contribution in [2.45, 2.75) is 62.5 Å². The fraction of sp³-hybridized carbons (Fsp3) is 0.500. The van der Waals surface area contributed by atoms with Gasteiger partial charge >= 0.3 is 0 Å². The van der Waals surface area contributed by atoms with Gasteiger partial charge in [0.25, 0.3) is 0 Å². The summed E-state index contributed by atoms with van der Waals surface area (Å²) in [6.07, 6.45) is 2.81. The molecule has 0 radical (unpaired) electrons. The molecule has 0 spiro atoms. The molecule has 1 amide bonds. The highest BCUT2D eigenvalue weighted by Crippen LogP contribution is 2.42. The predicted octanol–water partition coefficient (Wildman–Crippen LogP) is 3.44. The minimum Gasteiger partial charge on any atom is -0.299 e. The van der Waals surface area contributed by atoms with Crippen LogP contribution in [0.4, 0.5) is 5.13 Å². The van der Waals surface area contributed by atoms with Gasteiger partial charge in [-0.3, -0.25) is 10.1 Å². The molecule has 26 heavy (non-hydrogen) atoms. The number of amides is 1. The second kappa shape index (κ2) is 7.08. The van der Waals surface area contributed by atoms with Crippen LogP contribution in [-0.2, 0) is 21.1 Å². The third-order valence-corrected chi connectivity index (χ3v) is 8.60. The van der Waals surface area contributed by atoms with E-state index in [1.165, 1.54) is 11.3 Å². The molecule has 8 heteroatoms. The highest BCUT2D eigenvalue weighted by Gasteiger charge is 2.53. The molecule has 1 aromatic carbocycles. The Hall–Kier alpha value is -1.80. The van der Waals surface area contributed by atoms with Crippen LogP contribution in [0.3, 0.4) is 0 Å². The lowest BCUT2D eigenvalue weighted by Crippen LogP contribution is -2.47. The largest absolute Gasteiger partial charge is 0.299 e. The molecule has 0 saturated heterocycles. The van der Waals surface area contributed by atoms with Gasteiger partial charge < -0.3 is 0 Å². The van der Waals surface area contributed by atoms with Crippen LogP contribution in [0.15, 0.2) is 23.1 Å². The molecular weight excluding hydrogens is 370 g/mol. The van der Waals surface area contributed by atoms with Gasteiger partial charge in [0.15, 0.2) is 14.6 Å². The number of aryl methyl sites for hydroxylation is 3. The molecule has 0 atom stereocenters. The smallest absolute Gasteiger partial charge is 0.248 e. The fourth-order valence-electron chi connectivity index (χ4n) is 3.33. The second-order valence-electron chi connectivity index (χ2n) is 6.76. The summed E-state index contributed by atoms with van der Waals surface area (Å²) in [5.41, 5.74) is 1.92. The number of anilines is 1. The number of carbonyl (C=O) groups is 1. The average molecular weight is 394 g/mol. The Morgan fingerprint density at radius 3 is 2.46 bits per heavy atom.